The van der Waals surface area contributed by atoms with E-state index in [0.29, 0.717) is 24.3 Å². The van der Waals surface area contributed by atoms with Gasteiger partial charge in [-0.1, -0.05) is 13.8 Å². The normalized spacial score (nSPS) is 23.4. The molecule has 0 bridgehead atoms. The van der Waals surface area contributed by atoms with Crippen LogP contribution in [-0.2, 0) is 0 Å². The number of carbonyl (C=O) groups is 1. The lowest BCUT2D eigenvalue weighted by Crippen LogP contribution is -2.28. The Labute approximate surface area is 145 Å². The van der Waals surface area contributed by atoms with Crippen molar-refractivity contribution in [2.24, 2.45) is 11.8 Å². The molecule has 134 valence electrons. The monoisotopic (exact) mass is 345 g/mol. The van der Waals surface area contributed by atoms with Gasteiger partial charge in [-0.2, -0.15) is 5.10 Å². The Bertz CT molecular complexity index is 764. The molecule has 2 fully saturated rings. The number of aromatic amines is 1. The number of hydrogen-bond donors (Lipinski definition) is 1. The minimum atomic E-state index is -0.146. The molecule has 25 heavy (non-hydrogen) atoms. The van der Waals surface area contributed by atoms with E-state index in [1.54, 1.807) is 0 Å². The summed E-state index contributed by atoms with van der Waals surface area (Å²) in [5, 5.41) is 11.2. The molecule has 1 saturated heterocycles. The Balaban J connectivity index is 1.54. The number of H-pyrrole nitrogens is 1. The average molecular weight is 345 g/mol. The maximum atomic E-state index is 12.7. The van der Waals surface area contributed by atoms with E-state index in [0.717, 1.165) is 18.2 Å². The second-order valence-electron chi connectivity index (χ2n) is 7.28. The van der Waals surface area contributed by atoms with Gasteiger partial charge in [-0.05, 0) is 29.8 Å². The van der Waals surface area contributed by atoms with E-state index in [2.05, 4.69) is 34.2 Å². The molecule has 2 aromatic rings. The lowest BCUT2D eigenvalue weighted by molar-refractivity contribution is 0.0743. The maximum Gasteiger partial charge on any atom is 0.292 e. The van der Waals surface area contributed by atoms with Crippen LogP contribution in [0.3, 0.4) is 0 Å². The van der Waals surface area contributed by atoms with E-state index in [1.807, 2.05) is 4.90 Å². The Morgan fingerprint density at radius 3 is 2.80 bits per heavy atom. The van der Waals surface area contributed by atoms with E-state index >= 15 is 0 Å². The molecule has 2 aliphatic rings. The first kappa shape index (κ1) is 16.1. The van der Waals surface area contributed by atoms with E-state index in [-0.39, 0.29) is 23.5 Å². The highest BCUT2D eigenvalue weighted by Gasteiger charge is 2.46. The molecular weight excluding hydrogens is 322 g/mol. The van der Waals surface area contributed by atoms with E-state index in [1.165, 1.54) is 26.0 Å². The van der Waals surface area contributed by atoms with Gasteiger partial charge in [0.25, 0.3) is 11.8 Å². The van der Waals surface area contributed by atoms with Crippen LogP contribution in [0.4, 0.5) is 0 Å². The number of aromatic nitrogens is 4. The molecule has 0 aromatic carbocycles. The number of nitrogens with zero attached hydrogens (tertiary/aromatic N) is 4. The van der Waals surface area contributed by atoms with Gasteiger partial charge in [-0.3, -0.25) is 9.89 Å². The third kappa shape index (κ3) is 3.01. The number of methoxy groups -OCH3 is 1. The highest BCUT2D eigenvalue weighted by atomic mass is 16.5. The Kier molecular flexibility index (Phi) is 3.97. The van der Waals surface area contributed by atoms with Crippen molar-refractivity contribution in [1.82, 2.24) is 25.2 Å². The summed E-state index contributed by atoms with van der Waals surface area (Å²) in [5.74, 6) is 3.67. The molecule has 0 unspecified atom stereocenters. The van der Waals surface area contributed by atoms with Gasteiger partial charge >= 0.3 is 0 Å². The first-order valence-electron chi connectivity index (χ1n) is 8.79. The number of nitrogens with one attached hydrogen (secondary N) is 1. The van der Waals surface area contributed by atoms with Gasteiger partial charge in [0.05, 0.1) is 13.2 Å². The Morgan fingerprint density at radius 1 is 1.40 bits per heavy atom. The summed E-state index contributed by atoms with van der Waals surface area (Å²) in [4.78, 5) is 19.3. The van der Waals surface area contributed by atoms with Gasteiger partial charge in [-0.25, -0.2) is 4.98 Å². The molecule has 8 nitrogen and oxygen atoms in total. The van der Waals surface area contributed by atoms with Crippen LogP contribution >= 0.6 is 0 Å². The van der Waals surface area contributed by atoms with Gasteiger partial charge in [-0.15, -0.1) is 0 Å². The van der Waals surface area contributed by atoms with Crippen LogP contribution in [0, 0.1) is 11.8 Å². The largest absolute Gasteiger partial charge is 0.479 e. The first-order valence-corrected chi connectivity index (χ1v) is 8.79. The van der Waals surface area contributed by atoms with Crippen molar-refractivity contribution in [3.63, 3.8) is 0 Å². The topological polar surface area (TPSA) is 97.1 Å². The van der Waals surface area contributed by atoms with Crippen LogP contribution in [0.5, 0.6) is 5.88 Å². The molecule has 8 heteroatoms. The Hall–Kier alpha value is -2.38. The molecule has 1 saturated carbocycles. The van der Waals surface area contributed by atoms with E-state index in [9.17, 15) is 4.79 Å². The van der Waals surface area contributed by atoms with Crippen LogP contribution in [0.2, 0.25) is 0 Å². The third-order valence-corrected chi connectivity index (χ3v) is 5.18. The highest BCUT2D eigenvalue weighted by molar-refractivity contribution is 5.92. The van der Waals surface area contributed by atoms with Crippen LogP contribution in [0.25, 0.3) is 0 Å². The van der Waals surface area contributed by atoms with Crippen molar-refractivity contribution in [1.29, 1.82) is 0 Å². The van der Waals surface area contributed by atoms with Gasteiger partial charge in [0.2, 0.25) is 5.76 Å². The van der Waals surface area contributed by atoms with E-state index < -0.39 is 0 Å². The first-order chi connectivity index (χ1) is 12.1. The summed E-state index contributed by atoms with van der Waals surface area (Å²) in [6.07, 6.45) is 2.45. The fraction of sp³-hybridized carbons (Fsp3) is 0.647. The smallest absolute Gasteiger partial charge is 0.292 e. The standard InChI is InChI=1S/C17H23N5O3/c1-9(2)15-18-16(20-19-15)12-8-22(7-11(12)10-4-5-10)17(23)13-6-14(24-3)21-25-13/h6,9-12H,4-5,7-8H2,1-3H3,(H,18,19,20)/t11-,12+/m1/s1. The quantitative estimate of drug-likeness (QED) is 0.892. The van der Waals surface area contributed by atoms with Crippen LogP contribution < -0.4 is 4.74 Å². The molecule has 1 amide bonds. The zero-order valence-electron chi connectivity index (χ0n) is 14.7. The number of rotatable bonds is 5. The molecular formula is C17H23N5O3. The van der Waals surface area contributed by atoms with Gasteiger partial charge in [0.1, 0.15) is 5.82 Å². The average Bonchev–Trinajstić information content (AvgIpc) is 3.07. The Morgan fingerprint density at radius 2 is 2.20 bits per heavy atom. The van der Waals surface area contributed by atoms with Crippen molar-refractivity contribution in [2.75, 3.05) is 20.2 Å². The zero-order valence-corrected chi connectivity index (χ0v) is 14.7. The van der Waals surface area contributed by atoms with Gasteiger partial charge in [0, 0.05) is 24.9 Å². The molecule has 1 N–H and O–H groups in total. The maximum absolute atomic E-state index is 12.7. The van der Waals surface area contributed by atoms with Crippen molar-refractivity contribution >= 4 is 5.91 Å². The minimum absolute atomic E-state index is 0.146. The summed E-state index contributed by atoms with van der Waals surface area (Å²) in [6.45, 7) is 5.49. The summed E-state index contributed by atoms with van der Waals surface area (Å²) >= 11 is 0. The predicted molar refractivity (Wildman–Crippen MR) is 88.4 cm³/mol. The lowest BCUT2D eigenvalue weighted by atomic mass is 9.91. The van der Waals surface area contributed by atoms with E-state index in [4.69, 9.17) is 9.26 Å². The molecule has 2 atom stereocenters. The summed E-state index contributed by atoms with van der Waals surface area (Å²) in [5.41, 5.74) is 0. The van der Waals surface area contributed by atoms with Crippen molar-refractivity contribution in [2.45, 2.75) is 38.5 Å². The molecule has 1 aliphatic carbocycles. The summed E-state index contributed by atoms with van der Waals surface area (Å²) in [7, 11) is 1.50. The second-order valence-corrected chi connectivity index (χ2v) is 7.28. The SMILES string of the molecule is COc1cc(C(=O)N2C[C@H](c3nc(C(C)C)n[nH]3)[C@@H](C3CC3)C2)on1. The fourth-order valence-corrected chi connectivity index (χ4v) is 3.61. The molecule has 0 spiro atoms. The van der Waals surface area contributed by atoms with Gasteiger partial charge in [0.15, 0.2) is 5.82 Å². The molecule has 0 radical (unpaired) electrons. The number of likely N-dealkylation sites (tertiary alicyclic amines) is 1. The number of amides is 1. The minimum Gasteiger partial charge on any atom is -0.479 e. The van der Waals surface area contributed by atoms with Crippen molar-refractivity contribution in [3.05, 3.63) is 23.5 Å². The highest BCUT2D eigenvalue weighted by Crippen LogP contribution is 2.47. The predicted octanol–water partition coefficient (Wildman–Crippen LogP) is 2.19. The van der Waals surface area contributed by atoms with Gasteiger partial charge < -0.3 is 14.2 Å². The number of ether oxygens (including phenoxy) is 1. The fourth-order valence-electron chi connectivity index (χ4n) is 3.61. The number of carbonyl (C=O) groups excluding carboxylic acids is 1. The molecule has 1 aliphatic heterocycles. The van der Waals surface area contributed by atoms with Crippen molar-refractivity contribution < 1.29 is 14.1 Å². The number of hydrogen-bond acceptors (Lipinski definition) is 6. The zero-order chi connectivity index (χ0) is 17.6. The second kappa shape index (κ2) is 6.16. The lowest BCUT2D eigenvalue weighted by Gasteiger charge is -2.14. The molecule has 3 heterocycles. The molecule has 2 aromatic heterocycles. The summed E-state index contributed by atoms with van der Waals surface area (Å²) < 4.78 is 10.1. The van der Waals surface area contributed by atoms with Crippen LogP contribution in [0.15, 0.2) is 10.6 Å². The van der Waals surface area contributed by atoms with Crippen molar-refractivity contribution in [3.8, 4) is 5.88 Å². The third-order valence-electron chi connectivity index (χ3n) is 5.18. The molecule has 4 rings (SSSR count). The van der Waals surface area contributed by atoms with Crippen LogP contribution in [0.1, 0.15) is 60.7 Å². The van der Waals surface area contributed by atoms with Crippen LogP contribution in [-0.4, -0.2) is 51.3 Å². The summed E-state index contributed by atoms with van der Waals surface area (Å²) in [6, 6.07) is 1.53.